The van der Waals surface area contributed by atoms with E-state index in [1.54, 1.807) is 0 Å². The number of aryl methyl sites for hydroxylation is 2. The van der Waals surface area contributed by atoms with E-state index in [2.05, 4.69) is 26.6 Å². The second kappa shape index (κ2) is 11.6. The molecule has 1 aliphatic carbocycles. The van der Waals surface area contributed by atoms with Gasteiger partial charge in [0.25, 0.3) is 11.8 Å². The minimum absolute atomic E-state index is 0.102. The minimum Gasteiger partial charge on any atom is -0.345 e. The molecule has 5 heterocycles. The highest BCUT2D eigenvalue weighted by molar-refractivity contribution is 5.99. The zero-order chi connectivity index (χ0) is 32.4. The van der Waals surface area contributed by atoms with E-state index in [1.807, 2.05) is 54.9 Å². The molecule has 2 aliphatic heterocycles. The molecular weight excluding hydrogens is 600 g/mol. The molecule has 3 aliphatic rings. The number of nitrogens with zero attached hydrogens (tertiary/aromatic N) is 4. The van der Waals surface area contributed by atoms with Crippen LogP contribution in [0.2, 0.25) is 0 Å². The number of carbonyl (C=O) groups is 2. The zero-order valence-corrected chi connectivity index (χ0v) is 26.4. The van der Waals surface area contributed by atoms with Crippen molar-refractivity contribution < 1.29 is 18.4 Å². The summed E-state index contributed by atoms with van der Waals surface area (Å²) in [7, 11) is 1.84. The van der Waals surface area contributed by atoms with Crippen molar-refractivity contribution in [3.63, 3.8) is 0 Å². The number of aromatic nitrogens is 4. The molecule has 1 saturated heterocycles. The van der Waals surface area contributed by atoms with Gasteiger partial charge >= 0.3 is 0 Å². The van der Waals surface area contributed by atoms with Crippen LogP contribution < -0.4 is 16.0 Å². The number of amides is 2. The number of hydrogen-bond donors (Lipinski definition) is 3. The Kier molecular flexibility index (Phi) is 7.31. The van der Waals surface area contributed by atoms with Crippen LogP contribution in [0.1, 0.15) is 64.2 Å². The van der Waals surface area contributed by atoms with Gasteiger partial charge in [0.15, 0.2) is 5.82 Å². The summed E-state index contributed by atoms with van der Waals surface area (Å²) in [4.78, 5) is 36.4. The Bertz CT molecular complexity index is 2050. The number of benzene rings is 2. The normalized spacial score (nSPS) is 24.4. The summed E-state index contributed by atoms with van der Waals surface area (Å²) in [5.74, 6) is 0.166. The zero-order valence-electron chi connectivity index (χ0n) is 26.4. The third kappa shape index (κ3) is 5.36. The molecular formula is C36H37F2N7O2. The van der Waals surface area contributed by atoms with Gasteiger partial charge in [-0.1, -0.05) is 18.2 Å². The van der Waals surface area contributed by atoms with Crippen molar-refractivity contribution in [3.8, 4) is 11.5 Å². The Morgan fingerprint density at radius 1 is 1.06 bits per heavy atom. The highest BCUT2D eigenvalue weighted by Crippen LogP contribution is 2.45. The van der Waals surface area contributed by atoms with Crippen LogP contribution in [0.25, 0.3) is 33.6 Å². The largest absolute Gasteiger partial charge is 0.345 e. The Labute approximate surface area is 270 Å². The van der Waals surface area contributed by atoms with Gasteiger partial charge in [-0.15, -0.1) is 0 Å². The van der Waals surface area contributed by atoms with Gasteiger partial charge in [0, 0.05) is 37.2 Å². The first kappa shape index (κ1) is 29.7. The summed E-state index contributed by atoms with van der Waals surface area (Å²) in [5, 5.41) is 9.82. The number of imidazole rings is 1. The second-order valence-electron chi connectivity index (χ2n) is 13.3. The fourth-order valence-corrected chi connectivity index (χ4v) is 7.35. The Morgan fingerprint density at radius 3 is 2.77 bits per heavy atom. The van der Waals surface area contributed by atoms with Gasteiger partial charge < -0.3 is 25.1 Å². The Hall–Kier alpha value is -4.64. The van der Waals surface area contributed by atoms with Crippen LogP contribution in [0.5, 0.6) is 0 Å². The SMILES string of the molecule is C[C@H]1NC(=O)c2ccccc2CC[C@H]2C[C@@H]2Cn2c(-c3nc4cc(C(=O)N[C@H]5CNCC[C@@H]5F)c(F)cc4n3C)cc3ccc1nc32. The van der Waals surface area contributed by atoms with Crippen molar-refractivity contribution in [2.75, 3.05) is 13.1 Å². The van der Waals surface area contributed by atoms with Crippen LogP contribution >= 0.6 is 0 Å². The van der Waals surface area contributed by atoms with Gasteiger partial charge in [0.05, 0.1) is 40.1 Å². The quantitative estimate of drug-likeness (QED) is 0.251. The monoisotopic (exact) mass is 637 g/mol. The minimum atomic E-state index is -1.19. The van der Waals surface area contributed by atoms with Crippen LogP contribution in [0.3, 0.4) is 0 Å². The van der Waals surface area contributed by atoms with Gasteiger partial charge in [-0.2, -0.15) is 0 Å². The number of fused-ring (bicyclic) bond motifs is 4. The number of carbonyl (C=O) groups excluding carboxylic acids is 2. The van der Waals surface area contributed by atoms with Crippen LogP contribution in [-0.2, 0) is 20.0 Å². The van der Waals surface area contributed by atoms with Crippen molar-refractivity contribution in [2.24, 2.45) is 18.9 Å². The van der Waals surface area contributed by atoms with Crippen molar-refractivity contribution in [1.29, 1.82) is 0 Å². The summed E-state index contributed by atoms with van der Waals surface area (Å²) in [6.07, 6.45) is 2.03. The lowest BCUT2D eigenvalue weighted by atomic mass is 10.00. The molecule has 2 aromatic carbocycles. The molecule has 242 valence electrons. The lowest BCUT2D eigenvalue weighted by Crippen LogP contribution is -2.52. The Morgan fingerprint density at radius 2 is 1.91 bits per heavy atom. The third-order valence-corrected chi connectivity index (χ3v) is 10.2. The maximum atomic E-state index is 15.4. The molecule has 9 nitrogen and oxygen atoms in total. The maximum absolute atomic E-state index is 15.4. The second-order valence-corrected chi connectivity index (χ2v) is 13.3. The number of piperidine rings is 1. The lowest BCUT2D eigenvalue weighted by Gasteiger charge is -2.27. The van der Waals surface area contributed by atoms with Crippen molar-refractivity contribution >= 4 is 33.9 Å². The molecule has 8 rings (SSSR count). The average molecular weight is 638 g/mol. The number of halogens is 2. The molecule has 5 aromatic rings. The van der Waals surface area contributed by atoms with E-state index >= 15 is 4.39 Å². The number of hydrogen-bond acceptors (Lipinski definition) is 5. The molecule has 0 radical (unpaired) electrons. The van der Waals surface area contributed by atoms with Gasteiger partial charge in [-0.3, -0.25) is 9.59 Å². The molecule has 0 unspecified atom stereocenters. The number of pyridine rings is 1. The van der Waals surface area contributed by atoms with Crippen molar-refractivity contribution in [1.82, 2.24) is 35.1 Å². The molecule has 0 spiro atoms. The summed E-state index contributed by atoms with van der Waals surface area (Å²) in [5.41, 5.74) is 5.05. The molecule has 47 heavy (non-hydrogen) atoms. The number of nitrogens with one attached hydrogen (secondary N) is 3. The predicted octanol–water partition coefficient (Wildman–Crippen LogP) is 5.23. The molecule has 2 fully saturated rings. The van der Waals surface area contributed by atoms with Crippen LogP contribution in [0, 0.1) is 17.7 Å². The van der Waals surface area contributed by atoms with E-state index in [4.69, 9.17) is 9.97 Å². The molecule has 3 N–H and O–H groups in total. The summed E-state index contributed by atoms with van der Waals surface area (Å²) < 4.78 is 33.9. The molecule has 1 saturated carbocycles. The summed E-state index contributed by atoms with van der Waals surface area (Å²) in [6, 6.07) is 15.6. The smallest absolute Gasteiger partial charge is 0.254 e. The molecule has 3 aromatic heterocycles. The van der Waals surface area contributed by atoms with Crippen LogP contribution in [-0.4, -0.2) is 56.2 Å². The van der Waals surface area contributed by atoms with Crippen molar-refractivity contribution in [2.45, 2.75) is 57.4 Å². The van der Waals surface area contributed by atoms with Gasteiger partial charge in [-0.25, -0.2) is 18.7 Å². The van der Waals surface area contributed by atoms with E-state index in [1.165, 1.54) is 12.1 Å². The fraction of sp³-hybridized carbons (Fsp3) is 0.389. The van der Waals surface area contributed by atoms with Gasteiger partial charge in [-0.05, 0) is 86.9 Å². The summed E-state index contributed by atoms with van der Waals surface area (Å²) >= 11 is 0. The average Bonchev–Trinajstić information content (AvgIpc) is 3.61. The van der Waals surface area contributed by atoms with Crippen LogP contribution in [0.4, 0.5) is 8.78 Å². The molecule has 5 atom stereocenters. The first-order valence-electron chi connectivity index (χ1n) is 16.5. The van der Waals surface area contributed by atoms with E-state index in [9.17, 15) is 14.0 Å². The van der Waals surface area contributed by atoms with E-state index in [0.717, 1.165) is 59.4 Å². The molecule has 2 amide bonds. The topological polar surface area (TPSA) is 106 Å². The predicted molar refractivity (Wildman–Crippen MR) is 175 cm³/mol. The highest BCUT2D eigenvalue weighted by atomic mass is 19.1. The molecule has 11 heteroatoms. The number of rotatable bonds is 3. The maximum Gasteiger partial charge on any atom is 0.254 e. The fourth-order valence-electron chi connectivity index (χ4n) is 7.35. The van der Waals surface area contributed by atoms with Crippen molar-refractivity contribution in [3.05, 3.63) is 82.8 Å². The van der Waals surface area contributed by atoms with Gasteiger partial charge in [0.1, 0.15) is 17.6 Å². The Balaban J connectivity index is 1.18. The van der Waals surface area contributed by atoms with Crippen LogP contribution in [0.15, 0.2) is 54.6 Å². The van der Waals surface area contributed by atoms with E-state index < -0.39 is 23.9 Å². The third-order valence-electron chi connectivity index (χ3n) is 10.2. The molecule has 2 bridgehead atoms. The van der Waals surface area contributed by atoms with E-state index in [-0.39, 0.29) is 17.5 Å². The van der Waals surface area contributed by atoms with E-state index in [0.29, 0.717) is 48.2 Å². The standard InChI is InChI=1S/C36H37F2N7O2/c1-19-28-10-9-22-14-32(45(33(22)41-28)18-23-13-21(23)8-7-20-5-3-4-6-24(20)35(46)40-19)34-42-29-15-25(27(38)16-31(29)44(34)2)36(47)43-30-17-39-12-11-26(30)37/h3-6,9-10,14-16,19,21,23,26,30,39H,7-8,11-13,17-18H2,1-2H3,(H,40,46)(H,43,47)/t19-,21+,23-,26+,30+/m1/s1. The highest BCUT2D eigenvalue weighted by Gasteiger charge is 2.38. The lowest BCUT2D eigenvalue weighted by molar-refractivity contribution is 0.0887. The first-order valence-corrected chi connectivity index (χ1v) is 16.5. The van der Waals surface area contributed by atoms with Gasteiger partial charge in [0.2, 0.25) is 0 Å². The summed E-state index contributed by atoms with van der Waals surface area (Å²) in [6.45, 7) is 3.54. The number of alkyl halides is 1. The first-order chi connectivity index (χ1) is 22.7.